The van der Waals surface area contributed by atoms with E-state index in [0.717, 1.165) is 5.02 Å². The fraction of sp³-hybridized carbons (Fsp3) is 0.500. The normalized spacial score (nSPS) is 22.5. The first kappa shape index (κ1) is 9.86. The van der Waals surface area contributed by atoms with E-state index in [1.54, 1.807) is 0 Å². The highest BCUT2D eigenvalue weighted by molar-refractivity contribution is 8.01. The van der Waals surface area contributed by atoms with Gasteiger partial charge in [-0.05, 0) is 31.0 Å². The van der Waals surface area contributed by atoms with E-state index in [9.17, 15) is 0 Å². The topological polar surface area (TPSA) is 12.0 Å². The van der Waals surface area contributed by atoms with Crippen LogP contribution in [0.3, 0.4) is 0 Å². The monoisotopic (exact) mass is 239 g/mol. The molecular weight excluding hydrogens is 226 g/mol. The van der Waals surface area contributed by atoms with Crippen molar-refractivity contribution < 1.29 is 0 Å². The molecule has 0 aromatic heterocycles. The Kier molecular flexibility index (Phi) is 2.37. The van der Waals surface area contributed by atoms with Crippen LogP contribution in [0.25, 0.3) is 0 Å². The van der Waals surface area contributed by atoms with Gasteiger partial charge in [0.1, 0.15) is 0 Å². The van der Waals surface area contributed by atoms with Crippen molar-refractivity contribution in [2.45, 2.75) is 41.9 Å². The minimum absolute atomic E-state index is 0.283. The van der Waals surface area contributed by atoms with Crippen LogP contribution < -0.4 is 5.32 Å². The van der Waals surface area contributed by atoms with E-state index < -0.39 is 0 Å². The molecule has 1 nitrogen and oxygen atoms in total. The first-order valence-electron chi connectivity index (χ1n) is 5.54. The van der Waals surface area contributed by atoms with Crippen molar-refractivity contribution in [3.8, 4) is 0 Å². The lowest BCUT2D eigenvalue weighted by Crippen LogP contribution is -2.33. The summed E-state index contributed by atoms with van der Waals surface area (Å²) < 4.78 is 0. The Morgan fingerprint density at radius 2 is 2.00 bits per heavy atom. The fourth-order valence-corrected chi connectivity index (χ4v) is 4.12. The standard InChI is InChI=1S/C12H14ClNS/c13-9-4-5-11-10(8-9)14-12(15-11)6-2-1-3-7-12/h4-5,8,14H,1-3,6-7H2. The molecule has 1 fully saturated rings. The molecule has 0 saturated heterocycles. The Bertz CT molecular complexity index is 385. The van der Waals surface area contributed by atoms with Crippen LogP contribution >= 0.6 is 23.4 Å². The predicted molar refractivity (Wildman–Crippen MR) is 66.7 cm³/mol. The molecule has 0 unspecified atom stereocenters. The fourth-order valence-electron chi connectivity index (χ4n) is 2.52. The molecule has 15 heavy (non-hydrogen) atoms. The number of nitrogens with one attached hydrogen (secondary N) is 1. The van der Waals surface area contributed by atoms with Crippen molar-refractivity contribution in [1.29, 1.82) is 0 Å². The third-order valence-electron chi connectivity index (χ3n) is 3.27. The van der Waals surface area contributed by atoms with Crippen LogP contribution in [0.1, 0.15) is 32.1 Å². The number of rotatable bonds is 0. The largest absolute Gasteiger partial charge is 0.369 e. The Balaban J connectivity index is 1.90. The molecule has 0 radical (unpaired) electrons. The first-order valence-corrected chi connectivity index (χ1v) is 6.74. The molecule has 3 rings (SSSR count). The smallest absolute Gasteiger partial charge is 0.0880 e. The van der Waals surface area contributed by atoms with Gasteiger partial charge in [-0.2, -0.15) is 0 Å². The second kappa shape index (κ2) is 3.60. The summed E-state index contributed by atoms with van der Waals surface area (Å²) in [5, 5.41) is 4.50. The number of fused-ring (bicyclic) bond motifs is 1. The van der Waals surface area contributed by atoms with E-state index in [-0.39, 0.29) is 4.87 Å². The van der Waals surface area contributed by atoms with E-state index in [4.69, 9.17) is 11.6 Å². The maximum atomic E-state index is 6.00. The summed E-state index contributed by atoms with van der Waals surface area (Å²) in [6, 6.07) is 6.17. The van der Waals surface area contributed by atoms with Crippen molar-refractivity contribution in [3.05, 3.63) is 23.2 Å². The van der Waals surface area contributed by atoms with E-state index in [0.29, 0.717) is 0 Å². The summed E-state index contributed by atoms with van der Waals surface area (Å²) in [7, 11) is 0. The number of hydrogen-bond acceptors (Lipinski definition) is 2. The zero-order valence-electron chi connectivity index (χ0n) is 8.55. The lowest BCUT2D eigenvalue weighted by molar-refractivity contribution is 0.434. The first-order chi connectivity index (χ1) is 7.27. The van der Waals surface area contributed by atoms with Crippen LogP contribution in [-0.2, 0) is 0 Å². The summed E-state index contributed by atoms with van der Waals surface area (Å²) in [5.74, 6) is 0. The van der Waals surface area contributed by atoms with E-state index >= 15 is 0 Å². The highest BCUT2D eigenvalue weighted by atomic mass is 35.5. The number of thioether (sulfide) groups is 1. The van der Waals surface area contributed by atoms with Crippen LogP contribution in [0.15, 0.2) is 23.1 Å². The number of benzene rings is 1. The van der Waals surface area contributed by atoms with E-state index in [1.807, 2.05) is 23.9 Å². The van der Waals surface area contributed by atoms with Gasteiger partial charge in [-0.25, -0.2) is 0 Å². The molecule has 0 amide bonds. The maximum absolute atomic E-state index is 6.00. The average Bonchev–Trinajstić information content (AvgIpc) is 2.56. The number of hydrogen-bond donors (Lipinski definition) is 1. The predicted octanol–water partition coefficient (Wildman–Crippen LogP) is 4.52. The molecule has 1 aliphatic carbocycles. The van der Waals surface area contributed by atoms with Gasteiger partial charge in [-0.3, -0.25) is 0 Å². The highest BCUT2D eigenvalue weighted by Gasteiger charge is 2.38. The Morgan fingerprint density at radius 3 is 2.80 bits per heavy atom. The summed E-state index contributed by atoms with van der Waals surface area (Å²) >= 11 is 8.00. The lowest BCUT2D eigenvalue weighted by Gasteiger charge is -2.32. The second-order valence-corrected chi connectivity index (χ2v) is 6.28. The molecule has 1 spiro atoms. The van der Waals surface area contributed by atoms with Crippen molar-refractivity contribution in [1.82, 2.24) is 0 Å². The van der Waals surface area contributed by atoms with Crippen LogP contribution in [0.5, 0.6) is 0 Å². The summed E-state index contributed by atoms with van der Waals surface area (Å²) in [6.07, 6.45) is 6.65. The van der Waals surface area contributed by atoms with Gasteiger partial charge in [0.15, 0.2) is 0 Å². The lowest BCUT2D eigenvalue weighted by atomic mass is 9.94. The van der Waals surface area contributed by atoms with Crippen LogP contribution in [0, 0.1) is 0 Å². The van der Waals surface area contributed by atoms with Gasteiger partial charge in [0.25, 0.3) is 0 Å². The number of halogens is 1. The molecule has 1 saturated carbocycles. The Labute approximate surface area is 99.6 Å². The molecule has 1 aliphatic heterocycles. The maximum Gasteiger partial charge on any atom is 0.0880 e. The van der Waals surface area contributed by atoms with Gasteiger partial charge < -0.3 is 5.32 Å². The quantitative estimate of drug-likeness (QED) is 0.715. The summed E-state index contributed by atoms with van der Waals surface area (Å²) in [5.41, 5.74) is 1.23. The summed E-state index contributed by atoms with van der Waals surface area (Å²) in [6.45, 7) is 0. The molecule has 80 valence electrons. The minimum atomic E-state index is 0.283. The molecule has 2 aliphatic rings. The molecule has 1 heterocycles. The van der Waals surface area contributed by atoms with Gasteiger partial charge in [0.2, 0.25) is 0 Å². The zero-order chi connectivity index (χ0) is 10.3. The van der Waals surface area contributed by atoms with Gasteiger partial charge >= 0.3 is 0 Å². The molecule has 1 aromatic carbocycles. The molecule has 1 aromatic rings. The van der Waals surface area contributed by atoms with Gasteiger partial charge in [-0.1, -0.05) is 42.6 Å². The molecule has 3 heteroatoms. The molecule has 1 N–H and O–H groups in total. The van der Waals surface area contributed by atoms with Crippen molar-refractivity contribution >= 4 is 29.1 Å². The second-order valence-electron chi connectivity index (χ2n) is 4.42. The SMILES string of the molecule is Clc1ccc2c(c1)NC1(CCCCC1)S2. The van der Waals surface area contributed by atoms with Crippen molar-refractivity contribution in [2.24, 2.45) is 0 Å². The van der Waals surface area contributed by atoms with Gasteiger partial charge in [0, 0.05) is 9.92 Å². The Hall–Kier alpha value is -0.340. The minimum Gasteiger partial charge on any atom is -0.369 e. The van der Waals surface area contributed by atoms with Crippen LogP contribution in [0.4, 0.5) is 5.69 Å². The Morgan fingerprint density at radius 1 is 1.20 bits per heavy atom. The molecule has 0 atom stereocenters. The number of anilines is 1. The van der Waals surface area contributed by atoms with E-state index in [2.05, 4.69) is 11.4 Å². The molecule has 0 bridgehead atoms. The van der Waals surface area contributed by atoms with Gasteiger partial charge in [-0.15, -0.1) is 0 Å². The van der Waals surface area contributed by atoms with Crippen LogP contribution in [-0.4, -0.2) is 4.87 Å². The van der Waals surface area contributed by atoms with Crippen molar-refractivity contribution in [2.75, 3.05) is 5.32 Å². The zero-order valence-corrected chi connectivity index (χ0v) is 10.1. The summed E-state index contributed by atoms with van der Waals surface area (Å²) in [4.78, 5) is 1.65. The highest BCUT2D eigenvalue weighted by Crippen LogP contribution is 2.52. The third-order valence-corrected chi connectivity index (χ3v) is 4.98. The van der Waals surface area contributed by atoms with E-state index in [1.165, 1.54) is 42.7 Å². The third kappa shape index (κ3) is 1.74. The molecular formula is C12H14ClNS. The van der Waals surface area contributed by atoms with Gasteiger partial charge in [0.05, 0.1) is 10.6 Å². The average molecular weight is 240 g/mol. The van der Waals surface area contributed by atoms with Crippen molar-refractivity contribution in [3.63, 3.8) is 0 Å². The van der Waals surface area contributed by atoms with Crippen LogP contribution in [0.2, 0.25) is 5.02 Å².